The molecule has 0 aliphatic carbocycles. The molecule has 0 amide bonds. The second kappa shape index (κ2) is 10.2. The summed E-state index contributed by atoms with van der Waals surface area (Å²) in [6, 6.07) is 8.51. The third-order valence-electron chi connectivity index (χ3n) is 4.50. The summed E-state index contributed by atoms with van der Waals surface area (Å²) in [4.78, 5) is 60.2. The molecule has 12 heteroatoms. The van der Waals surface area contributed by atoms with Gasteiger partial charge in [0.05, 0.1) is 62.9 Å². The summed E-state index contributed by atoms with van der Waals surface area (Å²) in [5.74, 6) is 0. The minimum Gasteiger partial charge on any atom is -0.313 e. The fraction of sp³-hybridized carbons (Fsp3) is 0. The maximum atomic E-state index is 11.2. The zero-order valence-electron chi connectivity index (χ0n) is 17.3. The predicted octanol–water partition coefficient (Wildman–Crippen LogP) is 2.21. The normalized spacial score (nSPS) is 10.3. The summed E-state index contributed by atoms with van der Waals surface area (Å²) in [6.07, 6.45) is 10.3. The number of nitrogens with one attached hydrogen (secondary N) is 3. The van der Waals surface area contributed by atoms with Gasteiger partial charge < -0.3 is 15.0 Å². The van der Waals surface area contributed by atoms with E-state index in [-0.39, 0.29) is 16.7 Å². The quantitative estimate of drug-likeness (QED) is 0.301. The minimum atomic E-state index is -0.203. The molecule has 6 rings (SSSR count). The van der Waals surface area contributed by atoms with Crippen LogP contribution in [0.15, 0.2) is 88.5 Å². The first kappa shape index (κ1) is 22.4. The molecule has 0 aliphatic rings. The number of hydrogen-bond acceptors (Lipinski definition) is 8. The van der Waals surface area contributed by atoms with Crippen molar-refractivity contribution in [3.05, 3.63) is 110 Å². The van der Waals surface area contributed by atoms with Crippen molar-refractivity contribution in [3.63, 3.8) is 0 Å². The fourth-order valence-corrected chi connectivity index (χ4v) is 3.17. The second-order valence-electron chi connectivity index (χ2n) is 6.61. The van der Waals surface area contributed by atoms with Gasteiger partial charge in [-0.1, -0.05) is 17.7 Å². The zero-order valence-corrected chi connectivity index (χ0v) is 18.0. The lowest BCUT2D eigenvalue weighted by Crippen LogP contribution is -2.06. The number of H-pyrrole nitrogens is 3. The van der Waals surface area contributed by atoms with Gasteiger partial charge >= 0.3 is 0 Å². The fourth-order valence-electron chi connectivity index (χ4n) is 2.91. The topological polar surface area (TPSA) is 163 Å². The molecule has 11 nitrogen and oxygen atoms in total. The largest absolute Gasteiger partial charge is 0.313 e. The molecule has 0 saturated heterocycles. The number of pyridine rings is 2. The summed E-state index contributed by atoms with van der Waals surface area (Å²) in [5.41, 5.74) is 1.43. The number of hydrogen-bond donors (Lipinski definition) is 3. The molecule has 0 radical (unpaired) electrons. The molecule has 34 heavy (non-hydrogen) atoms. The summed E-state index contributed by atoms with van der Waals surface area (Å²) in [6.45, 7) is 0. The van der Waals surface area contributed by atoms with Crippen LogP contribution in [0.2, 0.25) is 5.02 Å². The molecule has 0 aliphatic heterocycles. The van der Waals surface area contributed by atoms with E-state index in [2.05, 4.69) is 39.9 Å². The summed E-state index contributed by atoms with van der Waals surface area (Å²) in [7, 11) is 0. The molecule has 0 unspecified atom stereocenters. The Labute approximate surface area is 194 Å². The van der Waals surface area contributed by atoms with E-state index >= 15 is 0 Å². The van der Waals surface area contributed by atoms with Crippen LogP contribution < -0.4 is 16.7 Å². The van der Waals surface area contributed by atoms with E-state index in [1.807, 2.05) is 0 Å². The third kappa shape index (κ3) is 5.00. The summed E-state index contributed by atoms with van der Waals surface area (Å²) >= 11 is 5.80. The number of aromatic amines is 3. The van der Waals surface area contributed by atoms with Gasteiger partial charge in [0.15, 0.2) is 0 Å². The molecule has 5 heterocycles. The smallest absolute Gasteiger partial charge is 0.260 e. The molecular weight excluding hydrogens is 460 g/mol. The van der Waals surface area contributed by atoms with Crippen LogP contribution in [0.25, 0.3) is 32.7 Å². The summed E-state index contributed by atoms with van der Waals surface area (Å²) in [5, 5.41) is 1.97. The van der Waals surface area contributed by atoms with Gasteiger partial charge in [-0.05, 0) is 24.3 Å². The molecule has 168 valence electrons. The van der Waals surface area contributed by atoms with Crippen LogP contribution in [0.3, 0.4) is 0 Å². The molecule has 0 spiro atoms. The van der Waals surface area contributed by atoms with Crippen molar-refractivity contribution in [3.8, 4) is 0 Å². The highest BCUT2D eigenvalue weighted by atomic mass is 35.5. The van der Waals surface area contributed by atoms with Crippen molar-refractivity contribution in [1.82, 2.24) is 39.9 Å². The van der Waals surface area contributed by atoms with Crippen LogP contribution in [0.5, 0.6) is 0 Å². The first-order valence-electron chi connectivity index (χ1n) is 9.71. The Morgan fingerprint density at radius 2 is 1.24 bits per heavy atom. The lowest BCUT2D eigenvalue weighted by molar-refractivity contribution is 1.16. The van der Waals surface area contributed by atoms with Gasteiger partial charge in [0.25, 0.3) is 16.7 Å². The van der Waals surface area contributed by atoms with E-state index in [0.717, 1.165) is 0 Å². The average Bonchev–Trinajstić information content (AvgIpc) is 2.86. The Balaban J connectivity index is 0.000000121. The molecule has 3 N–H and O–H groups in total. The van der Waals surface area contributed by atoms with Crippen molar-refractivity contribution in [2.45, 2.75) is 0 Å². The van der Waals surface area contributed by atoms with Gasteiger partial charge in [-0.3, -0.25) is 24.4 Å². The Hall–Kier alpha value is -4.77. The second-order valence-corrected chi connectivity index (χ2v) is 7.02. The number of rotatable bonds is 0. The molecule has 0 saturated carbocycles. The van der Waals surface area contributed by atoms with Gasteiger partial charge in [-0.25, -0.2) is 15.0 Å². The zero-order chi connectivity index (χ0) is 23.9. The molecule has 0 bridgehead atoms. The third-order valence-corrected chi connectivity index (χ3v) is 4.82. The number of halogens is 1. The van der Waals surface area contributed by atoms with Gasteiger partial charge in [-0.15, -0.1) is 0 Å². The minimum absolute atomic E-state index is 0.127. The summed E-state index contributed by atoms with van der Waals surface area (Å²) < 4.78 is 0. The van der Waals surface area contributed by atoms with Crippen LogP contribution in [-0.4, -0.2) is 39.9 Å². The van der Waals surface area contributed by atoms with E-state index < -0.39 is 0 Å². The Kier molecular flexibility index (Phi) is 6.75. The van der Waals surface area contributed by atoms with Crippen LogP contribution >= 0.6 is 11.6 Å². The van der Waals surface area contributed by atoms with Gasteiger partial charge in [0.1, 0.15) is 0 Å². The van der Waals surface area contributed by atoms with E-state index in [9.17, 15) is 14.4 Å². The first-order valence-corrected chi connectivity index (χ1v) is 10.1. The van der Waals surface area contributed by atoms with Gasteiger partial charge in [-0.2, -0.15) is 0 Å². The van der Waals surface area contributed by atoms with Crippen LogP contribution in [0.1, 0.15) is 0 Å². The molecule has 1 aromatic carbocycles. The number of aromatic nitrogens is 8. The first-order chi connectivity index (χ1) is 16.5. The highest BCUT2D eigenvalue weighted by molar-refractivity contribution is 6.35. The lowest BCUT2D eigenvalue weighted by Gasteiger charge is -1.95. The van der Waals surface area contributed by atoms with Crippen molar-refractivity contribution >= 4 is 44.3 Å². The highest BCUT2D eigenvalue weighted by Gasteiger charge is 2.02. The van der Waals surface area contributed by atoms with E-state index in [1.165, 1.54) is 25.2 Å². The maximum absolute atomic E-state index is 11.2. The predicted molar refractivity (Wildman–Crippen MR) is 128 cm³/mol. The molecule has 6 aromatic rings. The SMILES string of the molecule is O=c1[nH]cnc2cccc(Cl)c12.O=c1[nH]cnc2ccncc12.O=c1[nH]cnc2cnccc12. The number of nitrogens with zero attached hydrogens (tertiary/aromatic N) is 5. The van der Waals surface area contributed by atoms with Crippen molar-refractivity contribution in [1.29, 1.82) is 0 Å². The average molecular weight is 475 g/mol. The van der Waals surface area contributed by atoms with Crippen molar-refractivity contribution in [2.24, 2.45) is 0 Å². The van der Waals surface area contributed by atoms with E-state index in [0.29, 0.717) is 37.7 Å². The Bertz CT molecular complexity index is 1660. The molecule has 0 atom stereocenters. The van der Waals surface area contributed by atoms with Gasteiger partial charge in [0.2, 0.25) is 0 Å². The maximum Gasteiger partial charge on any atom is 0.260 e. The number of fused-ring (bicyclic) bond motifs is 3. The van der Waals surface area contributed by atoms with E-state index in [1.54, 1.807) is 48.9 Å². The van der Waals surface area contributed by atoms with E-state index in [4.69, 9.17) is 11.6 Å². The lowest BCUT2D eigenvalue weighted by atomic mass is 10.2. The van der Waals surface area contributed by atoms with Crippen molar-refractivity contribution in [2.75, 3.05) is 0 Å². The molecule has 5 aromatic heterocycles. The Morgan fingerprint density at radius 3 is 1.94 bits per heavy atom. The van der Waals surface area contributed by atoms with Crippen LogP contribution in [0.4, 0.5) is 0 Å². The highest BCUT2D eigenvalue weighted by Crippen LogP contribution is 2.16. The van der Waals surface area contributed by atoms with Crippen LogP contribution in [-0.2, 0) is 0 Å². The molecular formula is C22H15ClN8O3. The number of benzene rings is 1. The standard InChI is InChI=1S/C8H5ClN2O.2C7H5N3O/c9-5-2-1-3-6-7(5)8(12)11-4-10-6;11-7-5-3-8-2-1-6(5)9-4-10-7;11-7-5-1-2-8-3-6(5)9-4-10-7/h1-4H,(H,10,11,12);2*1-4H,(H,9,10,11). The monoisotopic (exact) mass is 474 g/mol. The molecule has 0 fully saturated rings. The Morgan fingerprint density at radius 1 is 0.618 bits per heavy atom. The van der Waals surface area contributed by atoms with Crippen LogP contribution in [0, 0.1) is 0 Å². The van der Waals surface area contributed by atoms with Gasteiger partial charge in [0, 0.05) is 18.6 Å². The van der Waals surface area contributed by atoms with Crippen molar-refractivity contribution < 1.29 is 0 Å².